The number of amides is 1. The van der Waals surface area contributed by atoms with Gasteiger partial charge in [0.15, 0.2) is 0 Å². The van der Waals surface area contributed by atoms with Gasteiger partial charge in [-0.1, -0.05) is 0 Å². The van der Waals surface area contributed by atoms with Crippen LogP contribution >= 0.6 is 0 Å². The third kappa shape index (κ3) is 4.25. The van der Waals surface area contributed by atoms with Crippen molar-refractivity contribution in [3.8, 4) is 0 Å². The Bertz CT molecular complexity index is 403. The largest absolute Gasteiger partial charge is 0.328 e. The zero-order chi connectivity index (χ0) is 13.7. The van der Waals surface area contributed by atoms with Crippen LogP contribution < -0.4 is 11.1 Å². The molecule has 1 amide bonds. The highest BCUT2D eigenvalue weighted by Gasteiger charge is 2.23. The molecule has 6 heteroatoms. The predicted molar refractivity (Wildman–Crippen MR) is 73.5 cm³/mol. The number of anilines is 1. The predicted octanol–water partition coefficient (Wildman–Crippen LogP) is 0.617. The first kappa shape index (κ1) is 13.9. The van der Waals surface area contributed by atoms with Gasteiger partial charge in [0, 0.05) is 24.5 Å². The van der Waals surface area contributed by atoms with Crippen LogP contribution in [0.4, 0.5) is 5.95 Å². The molecule has 0 radical (unpaired) electrons. The summed E-state index contributed by atoms with van der Waals surface area (Å²) in [5.74, 6) is 0.273. The number of carbonyl (C=O) groups excluding carboxylic acids is 1. The van der Waals surface area contributed by atoms with Gasteiger partial charge >= 0.3 is 0 Å². The molecule has 0 aliphatic heterocycles. The van der Waals surface area contributed by atoms with Crippen LogP contribution in [0.3, 0.4) is 0 Å². The van der Waals surface area contributed by atoms with E-state index in [1.807, 2.05) is 7.05 Å². The Morgan fingerprint density at radius 2 is 2.00 bits per heavy atom. The second kappa shape index (κ2) is 6.58. The van der Waals surface area contributed by atoms with Crippen LogP contribution in [0.2, 0.25) is 0 Å². The minimum Gasteiger partial charge on any atom is -0.328 e. The molecule has 1 aromatic rings. The van der Waals surface area contributed by atoms with Gasteiger partial charge in [-0.2, -0.15) is 0 Å². The summed E-state index contributed by atoms with van der Waals surface area (Å²) in [6.07, 6.45) is 7.42. The van der Waals surface area contributed by atoms with Crippen molar-refractivity contribution in [2.24, 2.45) is 5.73 Å². The van der Waals surface area contributed by atoms with Crippen molar-refractivity contribution in [3.63, 3.8) is 0 Å². The maximum absolute atomic E-state index is 11.9. The van der Waals surface area contributed by atoms with Gasteiger partial charge in [-0.15, -0.1) is 0 Å². The molecular weight excluding hydrogens is 242 g/mol. The quantitative estimate of drug-likeness (QED) is 0.831. The van der Waals surface area contributed by atoms with Crippen LogP contribution in [0.15, 0.2) is 18.5 Å². The number of rotatable bonds is 4. The number of nitrogens with zero attached hydrogens (tertiary/aromatic N) is 3. The minimum absolute atomic E-state index is 0.0800. The number of hydrogen-bond donors (Lipinski definition) is 2. The van der Waals surface area contributed by atoms with Gasteiger partial charge in [-0.25, -0.2) is 9.97 Å². The molecule has 0 spiro atoms. The second-order valence-corrected chi connectivity index (χ2v) is 5.10. The topological polar surface area (TPSA) is 84.1 Å². The maximum atomic E-state index is 11.9. The lowest BCUT2D eigenvalue weighted by atomic mass is 9.91. The summed E-state index contributed by atoms with van der Waals surface area (Å²) in [5, 5.41) is 2.69. The Hall–Kier alpha value is -1.53. The van der Waals surface area contributed by atoms with E-state index in [9.17, 15) is 4.79 Å². The Balaban J connectivity index is 1.78. The van der Waals surface area contributed by atoms with Crippen molar-refractivity contribution < 1.29 is 4.79 Å². The molecule has 1 saturated carbocycles. The average Bonchev–Trinajstić information content (AvgIpc) is 2.40. The number of nitrogens with two attached hydrogens (primary N) is 1. The number of carbonyl (C=O) groups is 1. The van der Waals surface area contributed by atoms with Gasteiger partial charge in [-0.3, -0.25) is 15.0 Å². The Morgan fingerprint density at radius 1 is 1.37 bits per heavy atom. The SMILES string of the molecule is CN(CC(=O)Nc1ncccn1)C1CCC(N)CC1. The number of aromatic nitrogens is 2. The highest BCUT2D eigenvalue weighted by Crippen LogP contribution is 2.20. The normalized spacial score (nSPS) is 23.3. The molecule has 104 valence electrons. The number of nitrogens with one attached hydrogen (secondary N) is 1. The van der Waals surface area contributed by atoms with E-state index >= 15 is 0 Å². The van der Waals surface area contributed by atoms with Crippen LogP contribution in [0.1, 0.15) is 25.7 Å². The summed E-state index contributed by atoms with van der Waals surface area (Å²) in [6.45, 7) is 0.359. The van der Waals surface area contributed by atoms with E-state index in [4.69, 9.17) is 5.73 Å². The lowest BCUT2D eigenvalue weighted by Gasteiger charge is -2.32. The Labute approximate surface area is 113 Å². The fraction of sp³-hybridized carbons (Fsp3) is 0.615. The van der Waals surface area contributed by atoms with Gasteiger partial charge in [0.2, 0.25) is 11.9 Å². The van der Waals surface area contributed by atoms with Crippen molar-refractivity contribution in [1.82, 2.24) is 14.9 Å². The molecule has 2 rings (SSSR count). The van der Waals surface area contributed by atoms with E-state index in [2.05, 4.69) is 20.2 Å². The van der Waals surface area contributed by atoms with Gasteiger partial charge < -0.3 is 5.73 Å². The molecule has 1 fully saturated rings. The van der Waals surface area contributed by atoms with E-state index in [-0.39, 0.29) is 5.91 Å². The first-order chi connectivity index (χ1) is 9.15. The smallest absolute Gasteiger partial charge is 0.240 e. The summed E-state index contributed by atoms with van der Waals surface area (Å²) in [7, 11) is 1.98. The summed E-state index contributed by atoms with van der Waals surface area (Å²) in [6, 6.07) is 2.49. The summed E-state index contributed by atoms with van der Waals surface area (Å²) < 4.78 is 0. The molecule has 1 heterocycles. The van der Waals surface area contributed by atoms with E-state index in [1.54, 1.807) is 18.5 Å². The van der Waals surface area contributed by atoms with Gasteiger partial charge in [0.1, 0.15) is 0 Å². The maximum Gasteiger partial charge on any atom is 0.240 e. The Kier molecular flexibility index (Phi) is 4.81. The van der Waals surface area contributed by atoms with Crippen LogP contribution in [-0.4, -0.2) is 46.5 Å². The van der Waals surface area contributed by atoms with Crippen LogP contribution in [0.5, 0.6) is 0 Å². The lowest BCUT2D eigenvalue weighted by Crippen LogP contribution is -2.42. The van der Waals surface area contributed by atoms with E-state index < -0.39 is 0 Å². The van der Waals surface area contributed by atoms with E-state index in [1.165, 1.54) is 0 Å². The van der Waals surface area contributed by atoms with Gasteiger partial charge in [0.05, 0.1) is 6.54 Å². The highest BCUT2D eigenvalue weighted by molar-refractivity contribution is 5.90. The van der Waals surface area contributed by atoms with Crippen molar-refractivity contribution in [3.05, 3.63) is 18.5 Å². The molecule has 3 N–H and O–H groups in total. The molecule has 6 nitrogen and oxygen atoms in total. The van der Waals surface area contributed by atoms with Crippen LogP contribution in [-0.2, 0) is 4.79 Å². The van der Waals surface area contributed by atoms with Gasteiger partial charge in [-0.05, 0) is 38.8 Å². The standard InChI is InChI=1S/C13H21N5O/c1-18(11-5-3-10(14)4-6-11)9-12(19)17-13-15-7-2-8-16-13/h2,7-8,10-11H,3-6,9,14H2,1H3,(H,15,16,17,19). The molecule has 0 aromatic carbocycles. The van der Waals surface area contributed by atoms with Crippen molar-refractivity contribution in [2.75, 3.05) is 18.9 Å². The molecule has 0 bridgehead atoms. The van der Waals surface area contributed by atoms with Crippen molar-refractivity contribution >= 4 is 11.9 Å². The third-order valence-electron chi connectivity index (χ3n) is 3.57. The third-order valence-corrected chi connectivity index (χ3v) is 3.57. The monoisotopic (exact) mass is 263 g/mol. The Morgan fingerprint density at radius 3 is 2.63 bits per heavy atom. The fourth-order valence-electron chi connectivity index (χ4n) is 2.43. The van der Waals surface area contributed by atoms with E-state index in [0.717, 1.165) is 25.7 Å². The summed E-state index contributed by atoms with van der Waals surface area (Å²) >= 11 is 0. The first-order valence-corrected chi connectivity index (χ1v) is 6.68. The summed E-state index contributed by atoms with van der Waals surface area (Å²) in [4.78, 5) is 21.9. The molecule has 1 aliphatic carbocycles. The van der Waals surface area contributed by atoms with Crippen LogP contribution in [0.25, 0.3) is 0 Å². The molecule has 1 aliphatic rings. The molecular formula is C13H21N5O. The highest BCUT2D eigenvalue weighted by atomic mass is 16.2. The van der Waals surface area contributed by atoms with E-state index in [0.29, 0.717) is 24.6 Å². The fourth-order valence-corrected chi connectivity index (χ4v) is 2.43. The van der Waals surface area contributed by atoms with Crippen molar-refractivity contribution in [2.45, 2.75) is 37.8 Å². The number of likely N-dealkylation sites (N-methyl/N-ethyl adjacent to an activating group) is 1. The second-order valence-electron chi connectivity index (χ2n) is 5.10. The molecule has 0 unspecified atom stereocenters. The summed E-state index contributed by atoms with van der Waals surface area (Å²) in [5.41, 5.74) is 5.89. The zero-order valence-corrected chi connectivity index (χ0v) is 11.2. The average molecular weight is 263 g/mol. The minimum atomic E-state index is -0.0800. The molecule has 0 saturated heterocycles. The van der Waals surface area contributed by atoms with Gasteiger partial charge in [0.25, 0.3) is 0 Å². The van der Waals surface area contributed by atoms with Crippen molar-refractivity contribution in [1.29, 1.82) is 0 Å². The van der Waals surface area contributed by atoms with Crippen LogP contribution in [0, 0.1) is 0 Å². The molecule has 0 atom stereocenters. The molecule has 19 heavy (non-hydrogen) atoms. The first-order valence-electron chi connectivity index (χ1n) is 6.68. The number of hydrogen-bond acceptors (Lipinski definition) is 5. The zero-order valence-electron chi connectivity index (χ0n) is 11.2. The molecule has 1 aromatic heterocycles. The lowest BCUT2D eigenvalue weighted by molar-refractivity contribution is -0.117.